The lowest BCUT2D eigenvalue weighted by Crippen LogP contribution is -2.51. The van der Waals surface area contributed by atoms with Crippen molar-refractivity contribution in [3.63, 3.8) is 0 Å². The van der Waals surface area contributed by atoms with Crippen LogP contribution in [-0.2, 0) is 4.79 Å². The molecule has 0 unspecified atom stereocenters. The van der Waals surface area contributed by atoms with E-state index in [1.807, 2.05) is 0 Å². The minimum atomic E-state index is -0.746. The number of ether oxygens (including phenoxy) is 1. The second-order valence-corrected chi connectivity index (χ2v) is 5.75. The van der Waals surface area contributed by atoms with Gasteiger partial charge in [-0.1, -0.05) is 13.0 Å². The average Bonchev–Trinajstić information content (AvgIpc) is 2.55. The number of carbonyl (C=O) groups is 1. The zero-order valence-electron chi connectivity index (χ0n) is 13.8. The van der Waals surface area contributed by atoms with Gasteiger partial charge in [-0.2, -0.15) is 0 Å². The molecule has 1 aromatic carbocycles. The summed E-state index contributed by atoms with van der Waals surface area (Å²) in [6, 6.07) is 4.73. The molecule has 1 aliphatic heterocycles. The lowest BCUT2D eigenvalue weighted by Gasteiger charge is -2.35. The predicted octanol–water partition coefficient (Wildman–Crippen LogP) is 1.83. The van der Waals surface area contributed by atoms with E-state index >= 15 is 0 Å². The van der Waals surface area contributed by atoms with E-state index in [2.05, 4.69) is 11.8 Å². The van der Waals surface area contributed by atoms with Crippen molar-refractivity contribution in [1.29, 1.82) is 0 Å². The molecular formula is C16H23N3O4. The summed E-state index contributed by atoms with van der Waals surface area (Å²) in [4.78, 5) is 27.1. The molecule has 7 nitrogen and oxygen atoms in total. The van der Waals surface area contributed by atoms with Crippen molar-refractivity contribution in [3.05, 3.63) is 33.9 Å². The maximum atomic E-state index is 12.5. The number of benzene rings is 1. The molecule has 0 saturated carbocycles. The van der Waals surface area contributed by atoms with Crippen LogP contribution in [0.5, 0.6) is 5.75 Å². The Kier molecular flexibility index (Phi) is 5.54. The van der Waals surface area contributed by atoms with Crippen LogP contribution in [0.25, 0.3) is 0 Å². The number of piperazine rings is 1. The highest BCUT2D eigenvalue weighted by molar-refractivity contribution is 5.81. The summed E-state index contributed by atoms with van der Waals surface area (Å²) in [6.45, 7) is 9.51. The molecule has 1 atom stereocenters. The molecule has 0 radical (unpaired) electrons. The third-order valence-electron chi connectivity index (χ3n) is 4.09. The molecular weight excluding hydrogens is 298 g/mol. The summed E-state index contributed by atoms with van der Waals surface area (Å²) in [5.74, 6) is 0.00395. The van der Waals surface area contributed by atoms with Crippen molar-refractivity contribution in [2.45, 2.75) is 26.9 Å². The van der Waals surface area contributed by atoms with E-state index in [0.29, 0.717) is 13.1 Å². The molecule has 1 saturated heterocycles. The van der Waals surface area contributed by atoms with Crippen molar-refractivity contribution in [3.8, 4) is 5.75 Å². The van der Waals surface area contributed by atoms with E-state index in [-0.39, 0.29) is 17.3 Å². The summed E-state index contributed by atoms with van der Waals surface area (Å²) in [7, 11) is 0. The number of hydrogen-bond donors (Lipinski definition) is 0. The average molecular weight is 321 g/mol. The Morgan fingerprint density at radius 3 is 2.57 bits per heavy atom. The number of likely N-dealkylation sites (N-methyl/N-ethyl adjacent to an activating group) is 1. The van der Waals surface area contributed by atoms with Gasteiger partial charge in [0.2, 0.25) is 0 Å². The van der Waals surface area contributed by atoms with Gasteiger partial charge in [-0.3, -0.25) is 14.9 Å². The topological polar surface area (TPSA) is 75.9 Å². The van der Waals surface area contributed by atoms with Gasteiger partial charge >= 0.3 is 5.69 Å². The molecule has 0 bridgehead atoms. The highest BCUT2D eigenvalue weighted by Crippen LogP contribution is 2.28. The Morgan fingerprint density at radius 2 is 2.00 bits per heavy atom. The smallest absolute Gasteiger partial charge is 0.311 e. The van der Waals surface area contributed by atoms with Crippen LogP contribution < -0.4 is 4.74 Å². The largest absolute Gasteiger partial charge is 0.474 e. The first-order valence-electron chi connectivity index (χ1n) is 7.85. The van der Waals surface area contributed by atoms with Crippen molar-refractivity contribution in [1.82, 2.24) is 9.80 Å². The fourth-order valence-corrected chi connectivity index (χ4v) is 2.65. The lowest BCUT2D eigenvalue weighted by molar-refractivity contribution is -0.386. The molecule has 126 valence electrons. The number of nitrogens with zero attached hydrogens (tertiary/aromatic N) is 3. The first kappa shape index (κ1) is 17.2. The van der Waals surface area contributed by atoms with Crippen molar-refractivity contribution in [2.24, 2.45) is 0 Å². The highest BCUT2D eigenvalue weighted by atomic mass is 16.6. The molecule has 1 amide bonds. The van der Waals surface area contributed by atoms with Gasteiger partial charge in [-0.25, -0.2) is 0 Å². The van der Waals surface area contributed by atoms with E-state index in [1.54, 1.807) is 30.9 Å². The van der Waals surface area contributed by atoms with E-state index in [1.165, 1.54) is 6.07 Å². The first-order chi connectivity index (χ1) is 10.9. The van der Waals surface area contributed by atoms with Gasteiger partial charge in [0.15, 0.2) is 11.9 Å². The van der Waals surface area contributed by atoms with Gasteiger partial charge in [0.05, 0.1) is 4.92 Å². The fourth-order valence-electron chi connectivity index (χ4n) is 2.65. The minimum absolute atomic E-state index is 0.111. The Morgan fingerprint density at radius 1 is 1.35 bits per heavy atom. The maximum absolute atomic E-state index is 12.5. The Labute approximate surface area is 136 Å². The molecule has 7 heteroatoms. The third-order valence-corrected chi connectivity index (χ3v) is 4.09. The van der Waals surface area contributed by atoms with Gasteiger partial charge in [-0.05, 0) is 32.0 Å². The third kappa shape index (κ3) is 4.19. The van der Waals surface area contributed by atoms with Crippen molar-refractivity contribution >= 4 is 11.6 Å². The molecule has 2 rings (SSSR count). The number of carbonyl (C=O) groups excluding carboxylic acids is 1. The van der Waals surface area contributed by atoms with Crippen LogP contribution in [-0.4, -0.2) is 59.5 Å². The number of amides is 1. The molecule has 1 aromatic rings. The van der Waals surface area contributed by atoms with E-state index in [4.69, 9.17) is 4.74 Å². The zero-order valence-corrected chi connectivity index (χ0v) is 13.8. The molecule has 1 fully saturated rings. The SMILES string of the molecule is CCN1CCN(C(=O)[C@@H](C)Oc2ccc(C)cc2[N+](=O)[O-])CC1. The lowest BCUT2D eigenvalue weighted by atomic mass is 10.2. The number of nitro benzene ring substituents is 1. The summed E-state index contributed by atoms with van der Waals surface area (Å²) < 4.78 is 5.58. The number of hydrogen-bond acceptors (Lipinski definition) is 5. The van der Waals surface area contributed by atoms with Crippen LogP contribution in [0.4, 0.5) is 5.69 Å². The molecule has 0 aromatic heterocycles. The van der Waals surface area contributed by atoms with Gasteiger partial charge in [0.25, 0.3) is 5.91 Å². The normalized spacial score (nSPS) is 16.9. The monoisotopic (exact) mass is 321 g/mol. The molecule has 0 N–H and O–H groups in total. The van der Waals surface area contributed by atoms with Gasteiger partial charge < -0.3 is 14.5 Å². The Balaban J connectivity index is 2.03. The van der Waals surface area contributed by atoms with Gasteiger partial charge in [-0.15, -0.1) is 0 Å². The molecule has 0 spiro atoms. The Bertz CT molecular complexity index is 583. The second-order valence-electron chi connectivity index (χ2n) is 5.75. The van der Waals surface area contributed by atoms with Crippen molar-refractivity contribution in [2.75, 3.05) is 32.7 Å². The van der Waals surface area contributed by atoms with Crippen LogP contribution in [0, 0.1) is 17.0 Å². The van der Waals surface area contributed by atoms with Crippen LogP contribution in [0.3, 0.4) is 0 Å². The highest BCUT2D eigenvalue weighted by Gasteiger charge is 2.27. The zero-order chi connectivity index (χ0) is 17.0. The summed E-state index contributed by atoms with van der Waals surface area (Å²) in [6.07, 6.45) is -0.746. The number of nitro groups is 1. The summed E-state index contributed by atoms with van der Waals surface area (Å²) in [5, 5.41) is 11.1. The van der Waals surface area contributed by atoms with Crippen LogP contribution in [0.15, 0.2) is 18.2 Å². The number of aryl methyl sites for hydroxylation is 1. The summed E-state index contributed by atoms with van der Waals surface area (Å²) in [5.41, 5.74) is 0.666. The van der Waals surface area contributed by atoms with Crippen LogP contribution in [0.2, 0.25) is 0 Å². The Hall–Kier alpha value is -2.15. The van der Waals surface area contributed by atoms with Crippen molar-refractivity contribution < 1.29 is 14.5 Å². The quantitative estimate of drug-likeness (QED) is 0.611. The molecule has 23 heavy (non-hydrogen) atoms. The first-order valence-corrected chi connectivity index (χ1v) is 7.85. The van der Waals surface area contributed by atoms with Crippen LogP contribution >= 0.6 is 0 Å². The van der Waals surface area contributed by atoms with E-state index < -0.39 is 11.0 Å². The summed E-state index contributed by atoms with van der Waals surface area (Å²) >= 11 is 0. The molecule has 0 aliphatic carbocycles. The minimum Gasteiger partial charge on any atom is -0.474 e. The maximum Gasteiger partial charge on any atom is 0.311 e. The fraction of sp³-hybridized carbons (Fsp3) is 0.562. The predicted molar refractivity (Wildman–Crippen MR) is 86.6 cm³/mol. The van der Waals surface area contributed by atoms with E-state index in [0.717, 1.165) is 25.2 Å². The molecule has 1 heterocycles. The standard InChI is InChI=1S/C16H23N3O4/c1-4-17-7-9-18(10-8-17)16(20)13(3)23-15-6-5-12(2)11-14(15)19(21)22/h5-6,11,13H,4,7-10H2,1-3H3/t13-/m1/s1. The number of rotatable bonds is 5. The van der Waals surface area contributed by atoms with Gasteiger partial charge in [0.1, 0.15) is 0 Å². The van der Waals surface area contributed by atoms with Gasteiger partial charge in [0, 0.05) is 32.2 Å². The second kappa shape index (κ2) is 7.41. The molecule has 1 aliphatic rings. The van der Waals surface area contributed by atoms with E-state index in [9.17, 15) is 14.9 Å². The van der Waals surface area contributed by atoms with Crippen LogP contribution in [0.1, 0.15) is 19.4 Å².